The summed E-state index contributed by atoms with van der Waals surface area (Å²) in [5.74, 6) is 0.961. The SMILES string of the molecule is CCOc1ccc(Br)cc1C(Br)C(C)(C)C. The molecule has 0 spiro atoms. The second-order valence-electron chi connectivity index (χ2n) is 4.84. The third-order valence-electron chi connectivity index (χ3n) is 2.31. The zero-order valence-electron chi connectivity index (χ0n) is 10.2. The first-order valence-corrected chi connectivity index (χ1v) is 7.13. The molecule has 1 atom stereocenters. The molecule has 0 bridgehead atoms. The van der Waals surface area contributed by atoms with Crippen LogP contribution in [0.5, 0.6) is 5.75 Å². The van der Waals surface area contributed by atoms with Crippen LogP contribution in [0.2, 0.25) is 0 Å². The number of benzene rings is 1. The van der Waals surface area contributed by atoms with E-state index in [0.717, 1.165) is 10.2 Å². The fourth-order valence-corrected chi connectivity index (χ4v) is 2.21. The second-order valence-corrected chi connectivity index (χ2v) is 6.68. The van der Waals surface area contributed by atoms with Gasteiger partial charge in [0.25, 0.3) is 0 Å². The lowest BCUT2D eigenvalue weighted by molar-refractivity contribution is 0.327. The standard InChI is InChI=1S/C13H18Br2O/c1-5-16-11-7-6-9(14)8-10(11)12(15)13(2,3)4/h6-8,12H,5H2,1-4H3. The molecule has 0 heterocycles. The Bertz CT molecular complexity index is 355. The van der Waals surface area contributed by atoms with Crippen molar-refractivity contribution >= 4 is 31.9 Å². The minimum absolute atomic E-state index is 0.159. The van der Waals surface area contributed by atoms with E-state index in [-0.39, 0.29) is 10.2 Å². The van der Waals surface area contributed by atoms with Crippen LogP contribution in [0.15, 0.2) is 22.7 Å². The lowest BCUT2D eigenvalue weighted by atomic mass is 9.87. The van der Waals surface area contributed by atoms with Crippen molar-refractivity contribution in [1.29, 1.82) is 0 Å². The van der Waals surface area contributed by atoms with Gasteiger partial charge in [-0.1, -0.05) is 52.6 Å². The van der Waals surface area contributed by atoms with Crippen molar-refractivity contribution in [2.75, 3.05) is 6.61 Å². The fraction of sp³-hybridized carbons (Fsp3) is 0.538. The second kappa shape index (κ2) is 5.54. The summed E-state index contributed by atoms with van der Waals surface area (Å²) in [4.78, 5) is 0.277. The summed E-state index contributed by atoms with van der Waals surface area (Å²) < 4.78 is 6.74. The van der Waals surface area contributed by atoms with Gasteiger partial charge in [0.05, 0.1) is 6.61 Å². The average Bonchev–Trinajstić information content (AvgIpc) is 2.18. The topological polar surface area (TPSA) is 9.23 Å². The van der Waals surface area contributed by atoms with Crippen LogP contribution >= 0.6 is 31.9 Å². The first-order valence-electron chi connectivity index (χ1n) is 5.42. The van der Waals surface area contributed by atoms with Gasteiger partial charge < -0.3 is 4.74 Å². The van der Waals surface area contributed by atoms with Crippen LogP contribution in [0.25, 0.3) is 0 Å². The number of hydrogen-bond acceptors (Lipinski definition) is 1. The Hall–Kier alpha value is -0.0200. The minimum Gasteiger partial charge on any atom is -0.494 e. The minimum atomic E-state index is 0.159. The summed E-state index contributed by atoms with van der Waals surface area (Å²) in [6, 6.07) is 6.15. The summed E-state index contributed by atoms with van der Waals surface area (Å²) in [5, 5.41) is 0. The maximum absolute atomic E-state index is 5.66. The van der Waals surface area contributed by atoms with Crippen LogP contribution in [0.4, 0.5) is 0 Å². The van der Waals surface area contributed by atoms with Gasteiger partial charge in [-0.3, -0.25) is 0 Å². The third-order valence-corrected chi connectivity index (χ3v) is 4.67. The van der Waals surface area contributed by atoms with Gasteiger partial charge in [-0.25, -0.2) is 0 Å². The number of ether oxygens (including phenoxy) is 1. The smallest absolute Gasteiger partial charge is 0.123 e. The molecule has 1 rings (SSSR count). The molecule has 1 unspecified atom stereocenters. The van der Waals surface area contributed by atoms with Gasteiger partial charge in [0.1, 0.15) is 5.75 Å². The molecule has 0 radical (unpaired) electrons. The lowest BCUT2D eigenvalue weighted by Crippen LogP contribution is -2.14. The van der Waals surface area contributed by atoms with Crippen molar-refractivity contribution in [1.82, 2.24) is 0 Å². The molecule has 0 aromatic heterocycles. The van der Waals surface area contributed by atoms with Crippen molar-refractivity contribution in [2.24, 2.45) is 5.41 Å². The molecule has 16 heavy (non-hydrogen) atoms. The lowest BCUT2D eigenvalue weighted by Gasteiger charge is -2.27. The van der Waals surface area contributed by atoms with Crippen molar-refractivity contribution in [3.05, 3.63) is 28.2 Å². The molecule has 0 saturated heterocycles. The molecule has 0 aliphatic carbocycles. The van der Waals surface area contributed by atoms with Crippen molar-refractivity contribution in [2.45, 2.75) is 32.5 Å². The Morgan fingerprint density at radius 3 is 2.44 bits per heavy atom. The molecule has 0 aliphatic rings. The van der Waals surface area contributed by atoms with Gasteiger partial charge in [-0.05, 0) is 30.5 Å². The molecule has 0 saturated carbocycles. The maximum atomic E-state index is 5.66. The summed E-state index contributed by atoms with van der Waals surface area (Å²) >= 11 is 7.27. The highest BCUT2D eigenvalue weighted by Gasteiger charge is 2.26. The van der Waals surface area contributed by atoms with E-state index in [2.05, 4.69) is 58.7 Å². The Morgan fingerprint density at radius 2 is 1.94 bits per heavy atom. The van der Waals surface area contributed by atoms with Crippen molar-refractivity contribution in [3.8, 4) is 5.75 Å². The summed E-state index contributed by atoms with van der Waals surface area (Å²) in [7, 11) is 0. The largest absolute Gasteiger partial charge is 0.494 e. The molecule has 90 valence electrons. The molecule has 1 nitrogen and oxygen atoms in total. The molecule has 1 aromatic rings. The van der Waals surface area contributed by atoms with Crippen molar-refractivity contribution in [3.63, 3.8) is 0 Å². The van der Waals surface area contributed by atoms with Gasteiger partial charge >= 0.3 is 0 Å². The molecular formula is C13H18Br2O. The Kier molecular flexibility index (Phi) is 4.87. The van der Waals surface area contributed by atoms with E-state index >= 15 is 0 Å². The van der Waals surface area contributed by atoms with E-state index in [9.17, 15) is 0 Å². The first-order chi connectivity index (χ1) is 7.36. The molecule has 3 heteroatoms. The molecule has 0 aliphatic heterocycles. The fourth-order valence-electron chi connectivity index (χ4n) is 1.47. The maximum Gasteiger partial charge on any atom is 0.123 e. The van der Waals surface area contributed by atoms with Crippen LogP contribution in [-0.4, -0.2) is 6.61 Å². The van der Waals surface area contributed by atoms with E-state index in [1.165, 1.54) is 5.56 Å². The number of alkyl halides is 1. The number of hydrogen-bond donors (Lipinski definition) is 0. The van der Waals surface area contributed by atoms with E-state index in [4.69, 9.17) is 4.74 Å². The van der Waals surface area contributed by atoms with Crippen LogP contribution < -0.4 is 4.74 Å². The molecule has 0 fully saturated rings. The zero-order valence-corrected chi connectivity index (χ0v) is 13.4. The summed E-state index contributed by atoms with van der Waals surface area (Å²) in [6.45, 7) is 9.33. The third kappa shape index (κ3) is 3.49. The van der Waals surface area contributed by atoms with E-state index in [0.29, 0.717) is 6.61 Å². The highest BCUT2D eigenvalue weighted by molar-refractivity contribution is 9.10. The van der Waals surface area contributed by atoms with Crippen LogP contribution in [-0.2, 0) is 0 Å². The summed E-state index contributed by atoms with van der Waals surface area (Å²) in [6.07, 6.45) is 0. The normalized spacial score (nSPS) is 13.6. The van der Waals surface area contributed by atoms with Gasteiger partial charge in [-0.2, -0.15) is 0 Å². The summed E-state index contributed by atoms with van der Waals surface area (Å²) in [5.41, 5.74) is 1.36. The van der Waals surface area contributed by atoms with Gasteiger partial charge in [0, 0.05) is 14.9 Å². The van der Waals surface area contributed by atoms with Gasteiger partial charge in [0.2, 0.25) is 0 Å². The molecular weight excluding hydrogens is 332 g/mol. The van der Waals surface area contributed by atoms with E-state index in [1.54, 1.807) is 0 Å². The quantitative estimate of drug-likeness (QED) is 0.670. The zero-order chi connectivity index (χ0) is 12.3. The average molecular weight is 350 g/mol. The Morgan fingerprint density at radius 1 is 1.31 bits per heavy atom. The van der Waals surface area contributed by atoms with E-state index < -0.39 is 0 Å². The number of halogens is 2. The van der Waals surface area contributed by atoms with Gasteiger partial charge in [0.15, 0.2) is 0 Å². The van der Waals surface area contributed by atoms with Crippen molar-refractivity contribution < 1.29 is 4.74 Å². The van der Waals surface area contributed by atoms with Gasteiger partial charge in [-0.15, -0.1) is 0 Å². The predicted molar refractivity (Wildman–Crippen MR) is 76.4 cm³/mol. The Balaban J connectivity index is 3.14. The van der Waals surface area contributed by atoms with E-state index in [1.807, 2.05) is 19.1 Å². The van der Waals surface area contributed by atoms with Crippen LogP contribution in [0.3, 0.4) is 0 Å². The Labute approximate surface area is 115 Å². The van der Waals surface area contributed by atoms with Crippen LogP contribution in [0, 0.1) is 5.41 Å². The number of rotatable bonds is 3. The highest BCUT2D eigenvalue weighted by Crippen LogP contribution is 2.44. The molecule has 0 amide bonds. The first kappa shape index (κ1) is 14.0. The van der Waals surface area contributed by atoms with Crippen LogP contribution in [0.1, 0.15) is 38.1 Å². The monoisotopic (exact) mass is 348 g/mol. The molecule has 0 N–H and O–H groups in total. The predicted octanol–water partition coefficient (Wildman–Crippen LogP) is 5.33. The molecule has 1 aromatic carbocycles. The highest BCUT2D eigenvalue weighted by atomic mass is 79.9.